The molecule has 1 unspecified atom stereocenters. The molecule has 0 bridgehead atoms. The molecule has 2 heterocycles. The largest absolute Gasteiger partial charge is 0.492 e. The van der Waals surface area contributed by atoms with E-state index in [4.69, 9.17) is 27.9 Å². The molecule has 0 saturated carbocycles. The van der Waals surface area contributed by atoms with E-state index in [1.54, 1.807) is 31.2 Å². The topological polar surface area (TPSA) is 113 Å². The van der Waals surface area contributed by atoms with Gasteiger partial charge in [0.25, 0.3) is 10.0 Å². The van der Waals surface area contributed by atoms with Gasteiger partial charge in [-0.15, -0.1) is 0 Å². The summed E-state index contributed by atoms with van der Waals surface area (Å²) in [7, 11) is -7.80. The van der Waals surface area contributed by atoms with Crippen LogP contribution in [0, 0.1) is 5.92 Å². The molecule has 2 aliphatic rings. The smallest absolute Gasteiger partial charge is 0.264 e. The van der Waals surface area contributed by atoms with Gasteiger partial charge in [0.05, 0.1) is 23.1 Å². The molecule has 13 heteroatoms. The maximum atomic E-state index is 13.5. The highest BCUT2D eigenvalue weighted by Gasteiger charge is 2.36. The highest BCUT2D eigenvalue weighted by Crippen LogP contribution is 2.36. The van der Waals surface area contributed by atoms with Crippen molar-refractivity contribution in [3.63, 3.8) is 0 Å². The number of rotatable bonds is 8. The number of carbonyl (C=O) groups excluding carboxylic acids is 1. The van der Waals surface area contributed by atoms with Gasteiger partial charge in [-0.1, -0.05) is 29.3 Å². The van der Waals surface area contributed by atoms with Crippen molar-refractivity contribution in [2.24, 2.45) is 5.92 Å². The zero-order valence-electron chi connectivity index (χ0n) is 22.2. The van der Waals surface area contributed by atoms with E-state index >= 15 is 0 Å². The summed E-state index contributed by atoms with van der Waals surface area (Å²) in [5, 5.41) is 3.57. The van der Waals surface area contributed by atoms with Crippen molar-refractivity contribution in [2.45, 2.75) is 36.0 Å². The van der Waals surface area contributed by atoms with Gasteiger partial charge < -0.3 is 10.1 Å². The number of anilines is 2. The summed E-state index contributed by atoms with van der Waals surface area (Å²) in [6.45, 7) is 2.58. The fourth-order valence-electron chi connectivity index (χ4n) is 5.13. The molecule has 1 saturated heterocycles. The van der Waals surface area contributed by atoms with E-state index in [0.717, 1.165) is 5.56 Å². The first-order valence-electron chi connectivity index (χ1n) is 13.2. The summed E-state index contributed by atoms with van der Waals surface area (Å²) in [6, 6.07) is 15.6. The van der Waals surface area contributed by atoms with E-state index in [2.05, 4.69) is 5.32 Å². The first kappa shape index (κ1) is 29.7. The molecule has 41 heavy (non-hydrogen) atoms. The second-order valence-electron chi connectivity index (χ2n) is 9.84. The Bertz CT molecular complexity index is 1680. The van der Waals surface area contributed by atoms with E-state index in [0.29, 0.717) is 35.7 Å². The Balaban J connectivity index is 1.33. The molecule has 2 aliphatic heterocycles. The maximum Gasteiger partial charge on any atom is 0.264 e. The molecule has 3 aromatic carbocycles. The molecular formula is C28H29Cl2N3O6S2. The number of hydrogen-bond acceptors (Lipinski definition) is 6. The first-order chi connectivity index (χ1) is 19.5. The highest BCUT2D eigenvalue weighted by molar-refractivity contribution is 7.92. The Morgan fingerprint density at radius 3 is 2.41 bits per heavy atom. The van der Waals surface area contributed by atoms with Crippen LogP contribution in [0.4, 0.5) is 11.4 Å². The molecule has 1 fully saturated rings. The fourth-order valence-corrected chi connectivity index (χ4v) is 8.67. The van der Waals surface area contributed by atoms with Crippen LogP contribution in [0.2, 0.25) is 10.0 Å². The zero-order valence-corrected chi connectivity index (χ0v) is 25.4. The Labute approximate surface area is 250 Å². The number of piperidine rings is 1. The van der Waals surface area contributed by atoms with Crippen LogP contribution in [-0.4, -0.2) is 53.3 Å². The van der Waals surface area contributed by atoms with Crippen LogP contribution in [0.25, 0.3) is 0 Å². The monoisotopic (exact) mass is 637 g/mol. The molecule has 0 aliphatic carbocycles. The van der Waals surface area contributed by atoms with E-state index in [1.807, 2.05) is 0 Å². The number of nitrogens with one attached hydrogen (secondary N) is 1. The maximum absolute atomic E-state index is 13.5. The number of benzene rings is 3. The van der Waals surface area contributed by atoms with Crippen LogP contribution in [0.3, 0.4) is 0 Å². The second kappa shape index (κ2) is 11.8. The van der Waals surface area contributed by atoms with Crippen LogP contribution in [0.5, 0.6) is 5.75 Å². The number of ether oxygens (including phenoxy) is 1. The number of fused-ring (bicyclic) bond motifs is 1. The average molecular weight is 639 g/mol. The Hall–Kier alpha value is -2.83. The summed E-state index contributed by atoms with van der Waals surface area (Å²) < 4.78 is 61.9. The number of amides is 1. The molecule has 1 amide bonds. The molecule has 0 aromatic heterocycles. The van der Waals surface area contributed by atoms with E-state index < -0.39 is 26.0 Å². The first-order valence-corrected chi connectivity index (χ1v) is 16.8. The van der Waals surface area contributed by atoms with Crippen molar-refractivity contribution in [3.05, 3.63) is 76.3 Å². The van der Waals surface area contributed by atoms with Gasteiger partial charge in [0.2, 0.25) is 15.9 Å². The van der Waals surface area contributed by atoms with Crippen LogP contribution >= 0.6 is 23.2 Å². The Kier molecular flexibility index (Phi) is 8.54. The van der Waals surface area contributed by atoms with Gasteiger partial charge in [-0.3, -0.25) is 9.10 Å². The minimum absolute atomic E-state index is 0.00570. The standard InChI is InChI=1S/C28H29Cl2N3O6S2/c1-2-39-26-12-8-22(30)16-27(26)41(37,38)32-14-3-4-20(18-32)28(34)31-23-9-5-19-13-15-33(25(19)17-23)40(35,36)24-10-6-21(29)7-11-24/h5-12,16-17,20H,2-4,13-15,18H2,1H3,(H,31,34). The van der Waals surface area contributed by atoms with E-state index in [1.165, 1.54) is 45.0 Å². The lowest BCUT2D eigenvalue weighted by atomic mass is 9.98. The number of nitrogens with zero attached hydrogens (tertiary/aromatic N) is 2. The molecule has 1 atom stereocenters. The number of carbonyl (C=O) groups is 1. The van der Waals surface area contributed by atoms with Gasteiger partial charge in [0.1, 0.15) is 10.6 Å². The molecule has 9 nitrogen and oxygen atoms in total. The van der Waals surface area contributed by atoms with Crippen LogP contribution in [-0.2, 0) is 31.3 Å². The predicted octanol–water partition coefficient (Wildman–Crippen LogP) is 5.18. The van der Waals surface area contributed by atoms with Gasteiger partial charge >= 0.3 is 0 Å². The van der Waals surface area contributed by atoms with Crippen molar-refractivity contribution in [1.82, 2.24) is 4.31 Å². The molecule has 3 aromatic rings. The Morgan fingerprint density at radius 2 is 1.68 bits per heavy atom. The van der Waals surface area contributed by atoms with Gasteiger partial charge in [0, 0.05) is 35.4 Å². The van der Waals surface area contributed by atoms with Crippen molar-refractivity contribution in [1.29, 1.82) is 0 Å². The van der Waals surface area contributed by atoms with Crippen LogP contribution < -0.4 is 14.4 Å². The van der Waals surface area contributed by atoms with Gasteiger partial charge in [-0.05, 0) is 86.3 Å². The van der Waals surface area contributed by atoms with Crippen molar-refractivity contribution >= 4 is 60.5 Å². The van der Waals surface area contributed by atoms with Crippen molar-refractivity contribution < 1.29 is 26.4 Å². The minimum atomic E-state index is -3.98. The highest BCUT2D eigenvalue weighted by atomic mass is 35.5. The van der Waals surface area contributed by atoms with Crippen LogP contribution in [0.15, 0.2) is 70.5 Å². The quantitative estimate of drug-likeness (QED) is 0.364. The normalized spacial score (nSPS) is 17.7. The summed E-state index contributed by atoms with van der Waals surface area (Å²) in [6.07, 6.45) is 1.55. The van der Waals surface area contributed by atoms with Crippen molar-refractivity contribution in [3.8, 4) is 5.75 Å². The van der Waals surface area contributed by atoms with E-state index in [9.17, 15) is 21.6 Å². The number of sulfonamides is 2. The van der Waals surface area contributed by atoms with Gasteiger partial charge in [-0.2, -0.15) is 4.31 Å². The Morgan fingerprint density at radius 1 is 0.951 bits per heavy atom. The van der Waals surface area contributed by atoms with E-state index in [-0.39, 0.29) is 52.7 Å². The zero-order chi connectivity index (χ0) is 29.4. The summed E-state index contributed by atoms with van der Waals surface area (Å²) in [5.41, 5.74) is 1.78. The second-order valence-corrected chi connectivity index (χ2v) is 14.5. The molecule has 218 valence electrons. The average Bonchev–Trinajstić information content (AvgIpc) is 3.38. The molecule has 0 spiro atoms. The third-order valence-electron chi connectivity index (χ3n) is 7.19. The lowest BCUT2D eigenvalue weighted by Crippen LogP contribution is -2.43. The van der Waals surface area contributed by atoms with Gasteiger partial charge in [0.15, 0.2) is 0 Å². The molecular weight excluding hydrogens is 609 g/mol. The summed E-state index contributed by atoms with van der Waals surface area (Å²) in [4.78, 5) is 13.4. The summed E-state index contributed by atoms with van der Waals surface area (Å²) in [5.74, 6) is -0.735. The van der Waals surface area contributed by atoms with Crippen molar-refractivity contribution in [2.75, 3.05) is 35.9 Å². The minimum Gasteiger partial charge on any atom is -0.492 e. The van der Waals surface area contributed by atoms with Gasteiger partial charge in [-0.25, -0.2) is 16.8 Å². The number of halogens is 2. The molecule has 1 N–H and O–H groups in total. The third kappa shape index (κ3) is 6.05. The third-order valence-corrected chi connectivity index (χ3v) is 11.4. The SMILES string of the molecule is CCOc1ccc(Cl)cc1S(=O)(=O)N1CCCC(C(=O)Nc2ccc3c(c2)N(S(=O)(=O)c2ccc(Cl)cc2)CC3)C1. The van der Waals surface area contributed by atoms with Crippen LogP contribution in [0.1, 0.15) is 25.3 Å². The molecule has 5 rings (SSSR count). The summed E-state index contributed by atoms with van der Waals surface area (Å²) >= 11 is 12.0. The lowest BCUT2D eigenvalue weighted by Gasteiger charge is -2.31. The number of hydrogen-bond donors (Lipinski definition) is 1. The fraction of sp³-hybridized carbons (Fsp3) is 0.321. The lowest BCUT2D eigenvalue weighted by molar-refractivity contribution is -0.120. The molecule has 0 radical (unpaired) electrons. The predicted molar refractivity (Wildman–Crippen MR) is 159 cm³/mol.